The van der Waals surface area contributed by atoms with E-state index in [1.165, 1.54) is 0 Å². The van der Waals surface area contributed by atoms with Crippen molar-refractivity contribution in [2.45, 2.75) is 33.1 Å². The van der Waals surface area contributed by atoms with Crippen molar-refractivity contribution in [3.05, 3.63) is 39.9 Å². The zero-order valence-corrected chi connectivity index (χ0v) is 9.87. The second-order valence-electron chi connectivity index (χ2n) is 4.28. The van der Waals surface area contributed by atoms with Gasteiger partial charge in [0.1, 0.15) is 5.82 Å². The Hall–Kier alpha value is -1.64. The van der Waals surface area contributed by atoms with Crippen LogP contribution in [0.4, 0.5) is 0 Å². The van der Waals surface area contributed by atoms with Crippen molar-refractivity contribution in [3.63, 3.8) is 0 Å². The molecule has 3 heteroatoms. The number of benzene rings is 1. The van der Waals surface area contributed by atoms with Gasteiger partial charge in [0, 0.05) is 5.92 Å². The second-order valence-corrected chi connectivity index (χ2v) is 4.28. The summed E-state index contributed by atoms with van der Waals surface area (Å²) in [7, 11) is 0. The van der Waals surface area contributed by atoms with E-state index in [4.69, 9.17) is 0 Å². The van der Waals surface area contributed by atoms with E-state index in [9.17, 15) is 4.79 Å². The van der Waals surface area contributed by atoms with Crippen molar-refractivity contribution in [1.82, 2.24) is 9.97 Å². The predicted octanol–water partition coefficient (Wildman–Crippen LogP) is 2.75. The van der Waals surface area contributed by atoms with E-state index in [1.54, 1.807) is 0 Å². The van der Waals surface area contributed by atoms with Crippen LogP contribution in [0.1, 0.15) is 37.6 Å². The molecule has 2 rings (SSSR count). The molecule has 0 aliphatic rings. The molecule has 84 valence electrons. The van der Waals surface area contributed by atoms with Crippen LogP contribution >= 0.6 is 0 Å². The minimum Gasteiger partial charge on any atom is -0.310 e. The van der Waals surface area contributed by atoms with Crippen molar-refractivity contribution in [2.75, 3.05) is 0 Å². The molecule has 1 atom stereocenters. The molecule has 0 amide bonds. The molecule has 16 heavy (non-hydrogen) atoms. The maximum atomic E-state index is 11.9. The Labute approximate surface area is 94.5 Å². The number of hydrogen-bond donors (Lipinski definition) is 1. The quantitative estimate of drug-likeness (QED) is 0.839. The highest BCUT2D eigenvalue weighted by Gasteiger charge is 2.08. The first-order valence-corrected chi connectivity index (χ1v) is 5.62. The Bertz CT molecular complexity index is 572. The third-order valence-electron chi connectivity index (χ3n) is 2.96. The van der Waals surface area contributed by atoms with Crippen molar-refractivity contribution < 1.29 is 0 Å². The number of nitrogens with zero attached hydrogens (tertiary/aromatic N) is 1. The normalized spacial score (nSPS) is 12.9. The number of aryl methyl sites for hydroxylation is 1. The lowest BCUT2D eigenvalue weighted by Crippen LogP contribution is -2.13. The molecular formula is C13H16N2O. The fourth-order valence-electron chi connectivity index (χ4n) is 1.70. The number of nitrogens with one attached hydrogen (secondary N) is 1. The summed E-state index contributed by atoms with van der Waals surface area (Å²) in [5.74, 6) is 1.07. The molecule has 0 aliphatic heterocycles. The number of rotatable bonds is 2. The second kappa shape index (κ2) is 4.08. The highest BCUT2D eigenvalue weighted by molar-refractivity contribution is 5.78. The minimum absolute atomic E-state index is 0.0380. The summed E-state index contributed by atoms with van der Waals surface area (Å²) in [6.45, 7) is 6.13. The van der Waals surface area contributed by atoms with Gasteiger partial charge in [0.15, 0.2) is 0 Å². The summed E-state index contributed by atoms with van der Waals surface area (Å²) < 4.78 is 0. The minimum atomic E-state index is -0.0380. The summed E-state index contributed by atoms with van der Waals surface area (Å²) in [4.78, 5) is 19.2. The molecule has 0 aliphatic carbocycles. The van der Waals surface area contributed by atoms with Crippen LogP contribution in [0.15, 0.2) is 23.0 Å². The number of aromatic amines is 1. The number of hydrogen-bond acceptors (Lipinski definition) is 2. The third kappa shape index (κ3) is 1.85. The van der Waals surface area contributed by atoms with Crippen molar-refractivity contribution in [1.29, 1.82) is 0 Å². The Kier molecular flexibility index (Phi) is 2.77. The fraction of sp³-hybridized carbons (Fsp3) is 0.385. The lowest BCUT2D eigenvalue weighted by atomic mass is 10.1. The van der Waals surface area contributed by atoms with Gasteiger partial charge in [-0.05, 0) is 25.5 Å². The average molecular weight is 216 g/mol. The van der Waals surface area contributed by atoms with E-state index in [0.29, 0.717) is 11.3 Å². The monoisotopic (exact) mass is 216 g/mol. The van der Waals surface area contributed by atoms with Gasteiger partial charge in [0.25, 0.3) is 5.56 Å². The molecule has 1 N–H and O–H groups in total. The Balaban J connectivity index is 2.69. The van der Waals surface area contributed by atoms with E-state index >= 15 is 0 Å². The Morgan fingerprint density at radius 3 is 2.88 bits per heavy atom. The lowest BCUT2D eigenvalue weighted by Gasteiger charge is -2.08. The van der Waals surface area contributed by atoms with Gasteiger partial charge in [-0.15, -0.1) is 0 Å². The van der Waals surface area contributed by atoms with Crippen LogP contribution in [0.5, 0.6) is 0 Å². The van der Waals surface area contributed by atoms with Crippen molar-refractivity contribution >= 4 is 10.9 Å². The maximum Gasteiger partial charge on any atom is 0.258 e. The molecular weight excluding hydrogens is 200 g/mol. The van der Waals surface area contributed by atoms with Gasteiger partial charge in [-0.2, -0.15) is 0 Å². The topological polar surface area (TPSA) is 45.8 Å². The van der Waals surface area contributed by atoms with Gasteiger partial charge < -0.3 is 4.98 Å². The van der Waals surface area contributed by atoms with E-state index in [2.05, 4.69) is 23.8 Å². The first-order chi connectivity index (χ1) is 7.61. The Morgan fingerprint density at radius 2 is 2.19 bits per heavy atom. The molecule has 1 heterocycles. The van der Waals surface area contributed by atoms with Crippen LogP contribution in [0, 0.1) is 6.92 Å². The number of aromatic nitrogens is 2. The van der Waals surface area contributed by atoms with Gasteiger partial charge in [-0.3, -0.25) is 4.79 Å². The lowest BCUT2D eigenvalue weighted by molar-refractivity contribution is 0.680. The maximum absolute atomic E-state index is 11.9. The van der Waals surface area contributed by atoms with Gasteiger partial charge in [0.05, 0.1) is 10.9 Å². The molecule has 1 aromatic heterocycles. The smallest absolute Gasteiger partial charge is 0.258 e. The molecule has 0 radical (unpaired) electrons. The highest BCUT2D eigenvalue weighted by atomic mass is 16.1. The molecule has 0 spiro atoms. The highest BCUT2D eigenvalue weighted by Crippen LogP contribution is 2.16. The van der Waals surface area contributed by atoms with Crippen LogP contribution in [0.2, 0.25) is 0 Å². The van der Waals surface area contributed by atoms with Crippen LogP contribution in [0.25, 0.3) is 10.9 Å². The Morgan fingerprint density at radius 1 is 1.44 bits per heavy atom. The number of fused-ring (bicyclic) bond motifs is 1. The summed E-state index contributed by atoms with van der Waals surface area (Å²) in [6, 6.07) is 5.77. The van der Waals surface area contributed by atoms with Crippen LogP contribution in [-0.2, 0) is 0 Å². The largest absolute Gasteiger partial charge is 0.310 e. The molecule has 0 fully saturated rings. The first-order valence-electron chi connectivity index (χ1n) is 5.62. The van der Waals surface area contributed by atoms with E-state index in [-0.39, 0.29) is 5.56 Å². The summed E-state index contributed by atoms with van der Waals surface area (Å²) in [6.07, 6.45) is 0.973. The van der Waals surface area contributed by atoms with Gasteiger partial charge in [-0.25, -0.2) is 4.98 Å². The molecule has 0 saturated carbocycles. The van der Waals surface area contributed by atoms with Crippen LogP contribution in [-0.4, -0.2) is 9.97 Å². The van der Waals surface area contributed by atoms with Gasteiger partial charge in [-0.1, -0.05) is 25.5 Å². The van der Waals surface area contributed by atoms with Crippen LogP contribution in [0.3, 0.4) is 0 Å². The fourth-order valence-corrected chi connectivity index (χ4v) is 1.70. The third-order valence-corrected chi connectivity index (χ3v) is 2.96. The summed E-state index contributed by atoms with van der Waals surface area (Å²) >= 11 is 0. The number of H-pyrrole nitrogens is 1. The van der Waals surface area contributed by atoms with Gasteiger partial charge >= 0.3 is 0 Å². The molecule has 1 aromatic carbocycles. The summed E-state index contributed by atoms with van der Waals surface area (Å²) in [5, 5.41) is 0.673. The predicted molar refractivity (Wildman–Crippen MR) is 65.8 cm³/mol. The molecule has 0 saturated heterocycles. The zero-order valence-electron chi connectivity index (χ0n) is 9.87. The van der Waals surface area contributed by atoms with E-state index in [1.807, 2.05) is 25.1 Å². The molecule has 0 bridgehead atoms. The standard InChI is InChI=1S/C13H16N2O/c1-4-9(3)12-14-11-6-5-8(2)7-10(11)13(16)15-12/h5-7,9H,4H2,1-3H3,(H,14,15,16). The zero-order chi connectivity index (χ0) is 11.7. The van der Waals surface area contributed by atoms with Crippen molar-refractivity contribution in [2.24, 2.45) is 0 Å². The summed E-state index contributed by atoms with van der Waals surface area (Å²) in [5.41, 5.74) is 1.82. The molecule has 2 aromatic rings. The molecule has 3 nitrogen and oxygen atoms in total. The van der Waals surface area contributed by atoms with E-state index in [0.717, 1.165) is 23.3 Å². The molecule has 1 unspecified atom stereocenters. The SMILES string of the molecule is CCC(C)c1nc2ccc(C)cc2c(=O)[nH]1. The average Bonchev–Trinajstić information content (AvgIpc) is 2.28. The first kappa shape index (κ1) is 10.9. The van der Waals surface area contributed by atoms with Gasteiger partial charge in [0.2, 0.25) is 0 Å². The van der Waals surface area contributed by atoms with Crippen molar-refractivity contribution in [3.8, 4) is 0 Å². The van der Waals surface area contributed by atoms with Crippen LogP contribution < -0.4 is 5.56 Å². The van der Waals surface area contributed by atoms with E-state index < -0.39 is 0 Å².